The maximum Gasteiger partial charge on any atom is 0.399 e. The number of amides is 1. The van der Waals surface area contributed by atoms with Crippen LogP contribution >= 0.6 is 0 Å². The summed E-state index contributed by atoms with van der Waals surface area (Å²) in [6.45, 7) is 7.32. The first-order valence-electron chi connectivity index (χ1n) is 10.4. The molecule has 3 heterocycles. The first kappa shape index (κ1) is 24.8. The molecule has 0 radical (unpaired) electrons. The number of anilines is 2. The fraction of sp³-hybridized carbons (Fsp3) is 0.409. The zero-order chi connectivity index (χ0) is 25.4. The maximum atomic E-state index is 13.2. The van der Waals surface area contributed by atoms with Gasteiger partial charge >= 0.3 is 6.18 Å². The average molecular weight is 475 g/mol. The van der Waals surface area contributed by atoms with Gasteiger partial charge in [0.2, 0.25) is 11.8 Å². The quantitative estimate of drug-likeness (QED) is 0.534. The Morgan fingerprint density at radius 1 is 1.26 bits per heavy atom. The van der Waals surface area contributed by atoms with E-state index in [1.807, 2.05) is 19.9 Å². The number of nitrogens with two attached hydrogens (primary N) is 1. The van der Waals surface area contributed by atoms with Gasteiger partial charge in [-0.1, -0.05) is 11.2 Å². The van der Waals surface area contributed by atoms with E-state index in [0.29, 0.717) is 17.0 Å². The van der Waals surface area contributed by atoms with Gasteiger partial charge in [-0.25, -0.2) is 4.68 Å². The van der Waals surface area contributed by atoms with E-state index in [-0.39, 0.29) is 29.0 Å². The number of alkyl halides is 3. The highest BCUT2D eigenvalue weighted by Gasteiger charge is 2.50. The van der Waals surface area contributed by atoms with E-state index in [1.54, 1.807) is 19.1 Å². The zero-order valence-electron chi connectivity index (χ0n) is 19.2. The van der Waals surface area contributed by atoms with Crippen LogP contribution in [0.2, 0.25) is 0 Å². The van der Waals surface area contributed by atoms with Crippen molar-refractivity contribution < 1.29 is 22.5 Å². The van der Waals surface area contributed by atoms with Crippen LogP contribution in [0.25, 0.3) is 11.4 Å². The lowest BCUT2D eigenvalue weighted by Gasteiger charge is -2.24. The van der Waals surface area contributed by atoms with Gasteiger partial charge in [-0.2, -0.15) is 23.5 Å². The van der Waals surface area contributed by atoms with Gasteiger partial charge in [-0.05, 0) is 46.2 Å². The molecule has 0 aliphatic heterocycles. The summed E-state index contributed by atoms with van der Waals surface area (Å²) in [4.78, 5) is 16.9. The molecule has 0 saturated carbocycles. The molecule has 3 N–H and O–H groups in total. The molecule has 3 aromatic heterocycles. The van der Waals surface area contributed by atoms with Crippen molar-refractivity contribution in [1.29, 1.82) is 5.26 Å². The summed E-state index contributed by atoms with van der Waals surface area (Å²) >= 11 is 0. The number of nitriles is 1. The fourth-order valence-corrected chi connectivity index (χ4v) is 3.09. The molecule has 1 amide bonds. The SMILES string of the molecule is CC(C(=O)Nc1cc(C(C)(C)C(F)(F)F)no1)c1ccc(-c2nn(C(C)C)c(N)c2C#N)nc1. The molecule has 0 aliphatic carbocycles. The molecule has 34 heavy (non-hydrogen) atoms. The van der Waals surface area contributed by atoms with Crippen molar-refractivity contribution >= 4 is 17.6 Å². The van der Waals surface area contributed by atoms with E-state index < -0.39 is 23.4 Å². The predicted molar refractivity (Wildman–Crippen MR) is 118 cm³/mol. The average Bonchev–Trinajstić information content (AvgIpc) is 3.37. The standard InChI is InChI=1S/C22H24F3N7O2/c1-11(2)32-19(27)14(9-26)18(30-32)15-7-6-13(10-28-15)12(3)20(33)29-17-8-16(31-34-17)21(4,5)22(23,24)25/h6-8,10-12H,27H2,1-5H3,(H,29,33). The number of aromatic nitrogens is 4. The molecule has 180 valence electrons. The Morgan fingerprint density at radius 3 is 2.47 bits per heavy atom. The van der Waals surface area contributed by atoms with Crippen molar-refractivity contribution in [3.8, 4) is 17.5 Å². The molecule has 0 fully saturated rings. The lowest BCUT2D eigenvalue weighted by Crippen LogP contribution is -2.36. The van der Waals surface area contributed by atoms with Gasteiger partial charge in [0.1, 0.15) is 34.3 Å². The van der Waals surface area contributed by atoms with Crippen molar-refractivity contribution in [2.24, 2.45) is 0 Å². The van der Waals surface area contributed by atoms with Gasteiger partial charge in [-0.3, -0.25) is 15.1 Å². The second kappa shape index (κ2) is 8.81. The molecule has 0 aromatic carbocycles. The van der Waals surface area contributed by atoms with Gasteiger partial charge in [-0.15, -0.1) is 0 Å². The number of nitrogens with one attached hydrogen (secondary N) is 1. The molecule has 3 aromatic rings. The maximum absolute atomic E-state index is 13.2. The monoisotopic (exact) mass is 475 g/mol. The van der Waals surface area contributed by atoms with E-state index >= 15 is 0 Å². The Hall–Kier alpha value is -3.88. The number of rotatable bonds is 6. The molecular weight excluding hydrogens is 451 g/mol. The third-order valence-corrected chi connectivity index (χ3v) is 5.58. The van der Waals surface area contributed by atoms with Crippen LogP contribution in [0.1, 0.15) is 63.4 Å². The van der Waals surface area contributed by atoms with Crippen LogP contribution in [0.3, 0.4) is 0 Å². The lowest BCUT2D eigenvalue weighted by molar-refractivity contribution is -0.181. The Kier molecular flexibility index (Phi) is 6.42. The van der Waals surface area contributed by atoms with E-state index in [2.05, 4.69) is 20.6 Å². The molecule has 0 aliphatic rings. The number of nitrogens with zero attached hydrogens (tertiary/aromatic N) is 5. The molecule has 0 spiro atoms. The molecule has 9 nitrogen and oxygen atoms in total. The van der Waals surface area contributed by atoms with Crippen LogP contribution in [0, 0.1) is 11.3 Å². The number of carbonyl (C=O) groups is 1. The number of hydrogen-bond acceptors (Lipinski definition) is 7. The first-order chi connectivity index (χ1) is 15.8. The van der Waals surface area contributed by atoms with Gasteiger partial charge in [0.15, 0.2) is 0 Å². The summed E-state index contributed by atoms with van der Waals surface area (Å²) in [5, 5.41) is 19.7. The van der Waals surface area contributed by atoms with Crippen molar-refractivity contribution in [3.63, 3.8) is 0 Å². The molecule has 3 rings (SSSR count). The van der Waals surface area contributed by atoms with E-state index in [1.165, 1.54) is 10.9 Å². The third kappa shape index (κ3) is 4.46. The minimum atomic E-state index is -4.53. The number of carbonyl (C=O) groups excluding carboxylic acids is 1. The zero-order valence-corrected chi connectivity index (χ0v) is 19.2. The van der Waals surface area contributed by atoms with Crippen LogP contribution in [-0.2, 0) is 10.2 Å². The lowest BCUT2D eigenvalue weighted by atomic mass is 9.89. The summed E-state index contributed by atoms with van der Waals surface area (Å²) in [6, 6.07) is 6.31. The highest BCUT2D eigenvalue weighted by Crippen LogP contribution is 2.40. The van der Waals surface area contributed by atoms with E-state index in [0.717, 1.165) is 19.9 Å². The van der Waals surface area contributed by atoms with E-state index in [9.17, 15) is 23.2 Å². The molecular formula is C22H24F3N7O2. The summed E-state index contributed by atoms with van der Waals surface area (Å²) < 4.78 is 46.0. The van der Waals surface area contributed by atoms with E-state index in [4.69, 9.17) is 10.3 Å². The first-order valence-corrected chi connectivity index (χ1v) is 10.4. The number of nitrogen functional groups attached to an aromatic ring is 1. The Balaban J connectivity index is 1.77. The smallest absolute Gasteiger partial charge is 0.383 e. The Bertz CT molecular complexity index is 1230. The summed E-state index contributed by atoms with van der Waals surface area (Å²) in [5.41, 5.74) is 4.92. The highest BCUT2D eigenvalue weighted by atomic mass is 19.4. The number of pyridine rings is 1. The van der Waals surface area contributed by atoms with Crippen LogP contribution in [-0.4, -0.2) is 32.0 Å². The molecule has 1 unspecified atom stereocenters. The summed E-state index contributed by atoms with van der Waals surface area (Å²) in [5.74, 6) is -1.18. The van der Waals surface area contributed by atoms with Crippen molar-refractivity contribution in [1.82, 2.24) is 19.9 Å². The normalized spacial score (nSPS) is 13.1. The Labute approximate surface area is 193 Å². The second-order valence-corrected chi connectivity index (χ2v) is 8.65. The number of halogens is 3. The second-order valence-electron chi connectivity index (χ2n) is 8.65. The van der Waals surface area contributed by atoms with Crippen LogP contribution in [0.15, 0.2) is 28.9 Å². The van der Waals surface area contributed by atoms with Crippen molar-refractivity contribution in [2.75, 3.05) is 11.1 Å². The van der Waals surface area contributed by atoms with Crippen molar-refractivity contribution in [2.45, 2.75) is 58.2 Å². The summed E-state index contributed by atoms with van der Waals surface area (Å²) in [7, 11) is 0. The molecule has 12 heteroatoms. The van der Waals surface area contributed by atoms with Gasteiger partial charge < -0.3 is 10.3 Å². The third-order valence-electron chi connectivity index (χ3n) is 5.58. The molecule has 0 bridgehead atoms. The van der Waals surface area contributed by atoms with Crippen molar-refractivity contribution in [3.05, 3.63) is 41.2 Å². The van der Waals surface area contributed by atoms with Crippen LogP contribution in [0.5, 0.6) is 0 Å². The predicted octanol–water partition coefficient (Wildman–Crippen LogP) is 4.55. The van der Waals surface area contributed by atoms with Gasteiger partial charge in [0.05, 0.1) is 11.6 Å². The number of hydrogen-bond donors (Lipinski definition) is 2. The van der Waals surface area contributed by atoms with Crippen LogP contribution in [0.4, 0.5) is 24.9 Å². The largest absolute Gasteiger partial charge is 0.399 e. The molecule has 1 atom stereocenters. The van der Waals surface area contributed by atoms with Crippen LogP contribution < -0.4 is 11.1 Å². The summed E-state index contributed by atoms with van der Waals surface area (Å²) in [6.07, 6.45) is -3.07. The van der Waals surface area contributed by atoms with Gasteiger partial charge in [0.25, 0.3) is 0 Å². The minimum absolute atomic E-state index is 0.0536. The fourth-order valence-electron chi connectivity index (χ4n) is 3.09. The highest BCUT2D eigenvalue weighted by molar-refractivity contribution is 5.94. The minimum Gasteiger partial charge on any atom is -0.383 e. The topological polar surface area (TPSA) is 136 Å². The van der Waals surface area contributed by atoms with Gasteiger partial charge in [0, 0.05) is 18.3 Å². The molecule has 0 saturated heterocycles. The Morgan fingerprint density at radius 2 is 1.94 bits per heavy atom.